The lowest BCUT2D eigenvalue weighted by molar-refractivity contribution is -0.128. The minimum absolute atomic E-state index is 0.0253. The first-order chi connectivity index (χ1) is 12.4. The molecule has 0 aromatic heterocycles. The number of hydrogen-bond acceptors (Lipinski definition) is 4. The van der Waals surface area contributed by atoms with Crippen molar-refractivity contribution in [2.24, 2.45) is 0 Å². The van der Waals surface area contributed by atoms with E-state index in [1.54, 1.807) is 19.1 Å². The third kappa shape index (κ3) is 5.77. The first-order valence-corrected chi connectivity index (χ1v) is 8.46. The molecule has 2 rings (SSSR count). The monoisotopic (exact) mass is 424 g/mol. The second kappa shape index (κ2) is 9.24. The number of rotatable bonds is 7. The molecule has 136 valence electrons. The van der Waals surface area contributed by atoms with Crippen LogP contribution in [0.25, 0.3) is 6.08 Å². The summed E-state index contributed by atoms with van der Waals surface area (Å²) in [4.78, 5) is 24.0. The molecule has 0 bridgehead atoms. The first kappa shape index (κ1) is 19.8. The molecule has 7 heteroatoms. The zero-order valence-corrected chi connectivity index (χ0v) is 15.3. The molecule has 4 nitrogen and oxygen atoms in total. The minimum atomic E-state index is -2.89. The Balaban J connectivity index is 2.07. The highest BCUT2D eigenvalue weighted by Crippen LogP contribution is 2.25. The van der Waals surface area contributed by atoms with Crippen molar-refractivity contribution in [3.63, 3.8) is 0 Å². The van der Waals surface area contributed by atoms with Crippen molar-refractivity contribution in [3.05, 3.63) is 64.1 Å². The number of benzene rings is 2. The Morgan fingerprint density at radius 2 is 1.85 bits per heavy atom. The average Bonchev–Trinajstić information content (AvgIpc) is 2.61. The lowest BCUT2D eigenvalue weighted by Gasteiger charge is -2.08. The molecule has 0 saturated carbocycles. The third-order valence-electron chi connectivity index (χ3n) is 3.29. The Morgan fingerprint density at radius 1 is 1.15 bits per heavy atom. The van der Waals surface area contributed by atoms with Crippen molar-refractivity contribution in [2.45, 2.75) is 20.0 Å². The fourth-order valence-electron chi connectivity index (χ4n) is 2.07. The van der Waals surface area contributed by atoms with Gasteiger partial charge < -0.3 is 9.47 Å². The molecular formula is C19H15BrF2O4. The van der Waals surface area contributed by atoms with Crippen LogP contribution in [0.2, 0.25) is 0 Å². The van der Waals surface area contributed by atoms with E-state index >= 15 is 0 Å². The molecule has 0 aliphatic carbocycles. The molecule has 0 N–H and O–H groups in total. The van der Waals surface area contributed by atoms with Crippen molar-refractivity contribution in [1.29, 1.82) is 0 Å². The van der Waals surface area contributed by atoms with E-state index in [4.69, 9.17) is 4.74 Å². The molecule has 0 radical (unpaired) electrons. The Labute approximate surface area is 157 Å². The van der Waals surface area contributed by atoms with Crippen LogP contribution in [0.4, 0.5) is 8.78 Å². The molecule has 0 amide bonds. The van der Waals surface area contributed by atoms with Gasteiger partial charge in [0.05, 0.1) is 5.56 Å². The van der Waals surface area contributed by atoms with E-state index in [0.29, 0.717) is 15.6 Å². The number of alkyl halides is 2. The quantitative estimate of drug-likeness (QED) is 0.263. The summed E-state index contributed by atoms with van der Waals surface area (Å²) in [6.45, 7) is -1.17. The number of carbonyl (C=O) groups is 2. The Kier molecular flexibility index (Phi) is 7.03. The number of hydrogen-bond donors (Lipinski definition) is 0. The van der Waals surface area contributed by atoms with Gasteiger partial charge in [0.2, 0.25) is 0 Å². The standard InChI is InChI=1S/C19H15BrF2O4/c1-2-16(23)15-11-13(20)6-9-17(15)26-18(24)10-5-12-3-7-14(8-4-12)25-19(21)22/h3-11,19H,2H2,1H3/b10-5+. The number of esters is 1. The van der Waals surface area contributed by atoms with E-state index in [1.165, 1.54) is 42.5 Å². The second-order valence-corrected chi connectivity index (χ2v) is 6.03. The molecule has 2 aromatic carbocycles. The van der Waals surface area contributed by atoms with E-state index in [1.807, 2.05) is 0 Å². The van der Waals surface area contributed by atoms with E-state index in [9.17, 15) is 18.4 Å². The number of Topliss-reactive ketones (excluding diaryl/α,β-unsaturated/α-hetero) is 1. The number of carbonyl (C=O) groups excluding carboxylic acids is 2. The van der Waals surface area contributed by atoms with Gasteiger partial charge >= 0.3 is 12.6 Å². The smallest absolute Gasteiger partial charge is 0.387 e. The molecule has 26 heavy (non-hydrogen) atoms. The molecule has 0 heterocycles. The van der Waals surface area contributed by atoms with Gasteiger partial charge in [-0.25, -0.2) is 4.79 Å². The van der Waals surface area contributed by atoms with Crippen LogP contribution in [0.5, 0.6) is 11.5 Å². The third-order valence-corrected chi connectivity index (χ3v) is 3.78. The van der Waals surface area contributed by atoms with Crippen LogP contribution >= 0.6 is 15.9 Å². The van der Waals surface area contributed by atoms with Gasteiger partial charge in [0.1, 0.15) is 11.5 Å². The number of halogens is 3. The van der Waals surface area contributed by atoms with Gasteiger partial charge in [-0.2, -0.15) is 8.78 Å². The highest BCUT2D eigenvalue weighted by molar-refractivity contribution is 9.10. The van der Waals surface area contributed by atoms with Crippen LogP contribution in [0.15, 0.2) is 53.0 Å². The Morgan fingerprint density at radius 3 is 2.46 bits per heavy atom. The van der Waals surface area contributed by atoms with Crippen molar-refractivity contribution >= 4 is 33.8 Å². The van der Waals surface area contributed by atoms with E-state index < -0.39 is 12.6 Å². The van der Waals surface area contributed by atoms with Crippen molar-refractivity contribution in [1.82, 2.24) is 0 Å². The van der Waals surface area contributed by atoms with Crippen LogP contribution in [-0.4, -0.2) is 18.4 Å². The maximum Gasteiger partial charge on any atom is 0.387 e. The summed E-state index contributed by atoms with van der Waals surface area (Å²) in [6, 6.07) is 10.6. The molecule has 2 aromatic rings. The van der Waals surface area contributed by atoms with E-state index in [0.717, 1.165) is 0 Å². The summed E-state index contributed by atoms with van der Waals surface area (Å²) in [5.74, 6) is -0.606. The second-order valence-electron chi connectivity index (χ2n) is 5.12. The summed E-state index contributed by atoms with van der Waals surface area (Å²) in [5.41, 5.74) is 0.918. The molecule has 0 saturated heterocycles. The zero-order chi connectivity index (χ0) is 19.1. The summed E-state index contributed by atoms with van der Waals surface area (Å²) >= 11 is 3.28. The Bertz CT molecular complexity index is 817. The van der Waals surface area contributed by atoms with E-state index in [-0.39, 0.29) is 23.7 Å². The summed E-state index contributed by atoms with van der Waals surface area (Å²) in [6.07, 6.45) is 2.93. The molecule has 0 aliphatic heterocycles. The predicted octanol–water partition coefficient (Wildman–Crippen LogP) is 5.26. The first-order valence-electron chi connectivity index (χ1n) is 7.66. The highest BCUT2D eigenvalue weighted by Gasteiger charge is 2.13. The fraction of sp³-hybridized carbons (Fsp3) is 0.158. The van der Waals surface area contributed by atoms with Gasteiger partial charge in [-0.3, -0.25) is 4.79 Å². The molecule has 0 aliphatic rings. The zero-order valence-electron chi connectivity index (χ0n) is 13.7. The normalized spacial score (nSPS) is 11.0. The van der Waals surface area contributed by atoms with Crippen LogP contribution in [-0.2, 0) is 4.79 Å². The van der Waals surface area contributed by atoms with Crippen molar-refractivity contribution in [2.75, 3.05) is 0 Å². The highest BCUT2D eigenvalue weighted by atomic mass is 79.9. The van der Waals surface area contributed by atoms with Gasteiger partial charge in [0, 0.05) is 17.0 Å². The topological polar surface area (TPSA) is 52.6 Å². The van der Waals surface area contributed by atoms with Crippen LogP contribution in [0.3, 0.4) is 0 Å². The lowest BCUT2D eigenvalue weighted by atomic mass is 10.1. The average molecular weight is 425 g/mol. The maximum atomic E-state index is 12.1. The summed E-state index contributed by atoms with van der Waals surface area (Å²) in [5, 5.41) is 0. The SMILES string of the molecule is CCC(=O)c1cc(Br)ccc1OC(=O)/C=C/c1ccc(OC(F)F)cc1. The molecular weight excluding hydrogens is 410 g/mol. The minimum Gasteiger partial charge on any atom is -0.435 e. The van der Waals surface area contributed by atoms with Gasteiger partial charge in [-0.15, -0.1) is 0 Å². The fourth-order valence-corrected chi connectivity index (χ4v) is 2.43. The summed E-state index contributed by atoms with van der Waals surface area (Å²) in [7, 11) is 0. The van der Waals surface area contributed by atoms with Gasteiger partial charge in [0.15, 0.2) is 5.78 Å². The molecule has 0 fully saturated rings. The Hall–Kier alpha value is -2.54. The van der Waals surface area contributed by atoms with Crippen LogP contribution < -0.4 is 9.47 Å². The predicted molar refractivity (Wildman–Crippen MR) is 96.5 cm³/mol. The van der Waals surface area contributed by atoms with Gasteiger partial charge in [-0.05, 0) is 42.0 Å². The lowest BCUT2D eigenvalue weighted by Crippen LogP contribution is -2.08. The molecule has 0 unspecified atom stereocenters. The van der Waals surface area contributed by atoms with Crippen LogP contribution in [0.1, 0.15) is 29.3 Å². The maximum absolute atomic E-state index is 12.1. The molecule has 0 spiro atoms. The largest absolute Gasteiger partial charge is 0.435 e. The molecule has 0 atom stereocenters. The van der Waals surface area contributed by atoms with Crippen molar-refractivity contribution in [3.8, 4) is 11.5 Å². The van der Waals surface area contributed by atoms with E-state index in [2.05, 4.69) is 20.7 Å². The number of ketones is 1. The van der Waals surface area contributed by atoms with Gasteiger partial charge in [0.25, 0.3) is 0 Å². The van der Waals surface area contributed by atoms with Crippen LogP contribution in [0, 0.1) is 0 Å². The summed E-state index contributed by atoms with van der Waals surface area (Å²) < 4.78 is 34.4. The van der Waals surface area contributed by atoms with Crippen molar-refractivity contribution < 1.29 is 27.8 Å². The number of ether oxygens (including phenoxy) is 2. The van der Waals surface area contributed by atoms with Gasteiger partial charge in [-0.1, -0.05) is 35.0 Å².